The maximum atomic E-state index is 13.1. The smallest absolute Gasteiger partial charge is 0.341 e. The van der Waals surface area contributed by atoms with E-state index in [0.29, 0.717) is 28.8 Å². The number of rotatable bonds is 7. The van der Waals surface area contributed by atoms with E-state index in [1.54, 1.807) is 43.6 Å². The summed E-state index contributed by atoms with van der Waals surface area (Å²) in [6, 6.07) is 6.39. The molecule has 7 nitrogen and oxygen atoms in total. The lowest BCUT2D eigenvalue weighted by Crippen LogP contribution is -2.16. The molecule has 0 spiro atoms. The Morgan fingerprint density at radius 3 is 2.71 bits per heavy atom. The van der Waals surface area contributed by atoms with Gasteiger partial charge in [0.2, 0.25) is 0 Å². The maximum Gasteiger partial charge on any atom is 0.341 e. The van der Waals surface area contributed by atoms with Crippen molar-refractivity contribution in [2.75, 3.05) is 17.9 Å². The van der Waals surface area contributed by atoms with Crippen LogP contribution in [0, 0.1) is 6.92 Å². The number of sulfonamides is 1. The standard InChI is InChI=1S/C19H20N2O5S2/c1-4-25-14-8-9-15(13-7-6-10-20-17(13)14)28(23,24)21-18-16(12(3)11-27-18)19(22)26-5-2/h6-11,21H,4-5H2,1-3H3. The van der Waals surface area contributed by atoms with E-state index in [4.69, 9.17) is 9.47 Å². The predicted octanol–water partition coefficient (Wildman–Crippen LogP) is 3.98. The molecule has 3 aromatic rings. The first-order valence-electron chi connectivity index (χ1n) is 8.67. The number of carbonyl (C=O) groups is 1. The lowest BCUT2D eigenvalue weighted by atomic mass is 10.2. The third kappa shape index (κ3) is 3.81. The molecule has 28 heavy (non-hydrogen) atoms. The van der Waals surface area contributed by atoms with Crippen LogP contribution >= 0.6 is 11.3 Å². The normalized spacial score (nSPS) is 11.4. The van der Waals surface area contributed by atoms with Gasteiger partial charge in [0.1, 0.15) is 16.3 Å². The molecule has 1 N–H and O–H groups in total. The average Bonchev–Trinajstić information content (AvgIpc) is 3.01. The number of nitrogens with zero attached hydrogens (tertiary/aromatic N) is 1. The molecule has 2 heterocycles. The first-order chi connectivity index (χ1) is 13.4. The van der Waals surface area contributed by atoms with Crippen molar-refractivity contribution in [3.05, 3.63) is 47.0 Å². The van der Waals surface area contributed by atoms with Crippen molar-refractivity contribution in [2.24, 2.45) is 0 Å². The van der Waals surface area contributed by atoms with Crippen molar-refractivity contribution in [1.82, 2.24) is 4.98 Å². The Hall–Kier alpha value is -2.65. The van der Waals surface area contributed by atoms with E-state index in [0.717, 1.165) is 11.3 Å². The quantitative estimate of drug-likeness (QED) is 0.581. The molecule has 148 valence electrons. The summed E-state index contributed by atoms with van der Waals surface area (Å²) in [6.45, 7) is 5.92. The van der Waals surface area contributed by atoms with Crippen LogP contribution in [0.5, 0.6) is 5.75 Å². The van der Waals surface area contributed by atoms with Crippen LogP contribution in [-0.2, 0) is 14.8 Å². The molecule has 0 aliphatic carbocycles. The summed E-state index contributed by atoms with van der Waals surface area (Å²) in [5, 5.41) is 2.37. The highest BCUT2D eigenvalue weighted by Crippen LogP contribution is 2.34. The zero-order valence-corrected chi connectivity index (χ0v) is 17.3. The number of aryl methyl sites for hydroxylation is 1. The highest BCUT2D eigenvalue weighted by Gasteiger charge is 2.25. The molecule has 0 saturated heterocycles. The summed E-state index contributed by atoms with van der Waals surface area (Å²) in [5.41, 5.74) is 1.34. The number of nitrogens with one attached hydrogen (secondary N) is 1. The van der Waals surface area contributed by atoms with Gasteiger partial charge in [-0.15, -0.1) is 11.3 Å². The zero-order chi connectivity index (χ0) is 20.3. The number of esters is 1. The number of pyridine rings is 1. The van der Waals surface area contributed by atoms with Crippen molar-refractivity contribution >= 4 is 43.2 Å². The number of benzene rings is 1. The molecule has 0 bridgehead atoms. The van der Waals surface area contributed by atoms with Crippen LogP contribution in [0.4, 0.5) is 5.00 Å². The highest BCUT2D eigenvalue weighted by molar-refractivity contribution is 7.93. The summed E-state index contributed by atoms with van der Waals surface area (Å²) >= 11 is 1.14. The molecule has 0 atom stereocenters. The SMILES string of the molecule is CCOC(=O)c1c(C)csc1NS(=O)(=O)c1ccc(OCC)c2ncccc12. The van der Waals surface area contributed by atoms with Crippen molar-refractivity contribution in [3.63, 3.8) is 0 Å². The Morgan fingerprint density at radius 2 is 2.00 bits per heavy atom. The van der Waals surface area contributed by atoms with Crippen molar-refractivity contribution in [2.45, 2.75) is 25.7 Å². The predicted molar refractivity (Wildman–Crippen MR) is 109 cm³/mol. The van der Waals surface area contributed by atoms with Gasteiger partial charge in [-0.1, -0.05) is 0 Å². The largest absolute Gasteiger partial charge is 0.492 e. The van der Waals surface area contributed by atoms with Crippen LogP contribution in [0.2, 0.25) is 0 Å². The number of hydrogen-bond acceptors (Lipinski definition) is 7. The van der Waals surface area contributed by atoms with Crippen molar-refractivity contribution in [1.29, 1.82) is 0 Å². The van der Waals surface area contributed by atoms with E-state index in [1.807, 2.05) is 6.92 Å². The van der Waals surface area contributed by atoms with Gasteiger partial charge < -0.3 is 9.47 Å². The summed E-state index contributed by atoms with van der Waals surface area (Å²) in [5.74, 6) is -0.0478. The Morgan fingerprint density at radius 1 is 1.21 bits per heavy atom. The topological polar surface area (TPSA) is 94.6 Å². The van der Waals surface area contributed by atoms with E-state index in [1.165, 1.54) is 6.07 Å². The molecular formula is C19H20N2O5S2. The summed E-state index contributed by atoms with van der Waals surface area (Å²) in [7, 11) is -3.97. The molecule has 3 rings (SSSR count). The third-order valence-electron chi connectivity index (χ3n) is 3.96. The fourth-order valence-corrected chi connectivity index (χ4v) is 5.23. The molecular weight excluding hydrogens is 400 g/mol. The minimum Gasteiger partial charge on any atom is -0.492 e. The number of anilines is 1. The van der Waals surface area contributed by atoms with Gasteiger partial charge in [-0.2, -0.15) is 0 Å². The van der Waals surface area contributed by atoms with Gasteiger partial charge in [0.25, 0.3) is 10.0 Å². The number of fused-ring (bicyclic) bond motifs is 1. The molecule has 2 aromatic heterocycles. The van der Waals surface area contributed by atoms with E-state index in [-0.39, 0.29) is 22.1 Å². The first-order valence-corrected chi connectivity index (χ1v) is 11.0. The lowest BCUT2D eigenvalue weighted by Gasteiger charge is -2.13. The van der Waals surface area contributed by atoms with E-state index in [9.17, 15) is 13.2 Å². The lowest BCUT2D eigenvalue weighted by molar-refractivity contribution is 0.0527. The second-order valence-electron chi connectivity index (χ2n) is 5.84. The Balaban J connectivity index is 2.06. The Labute approximate surface area is 167 Å². The van der Waals surface area contributed by atoms with E-state index < -0.39 is 16.0 Å². The van der Waals surface area contributed by atoms with Gasteiger partial charge >= 0.3 is 5.97 Å². The highest BCUT2D eigenvalue weighted by atomic mass is 32.2. The molecule has 0 saturated carbocycles. The van der Waals surface area contributed by atoms with Crippen molar-refractivity contribution in [3.8, 4) is 5.75 Å². The van der Waals surface area contributed by atoms with Gasteiger partial charge in [-0.25, -0.2) is 13.2 Å². The number of aromatic nitrogens is 1. The number of ether oxygens (including phenoxy) is 2. The summed E-state index contributed by atoms with van der Waals surface area (Å²) in [4.78, 5) is 16.5. The average molecular weight is 421 g/mol. The molecule has 0 radical (unpaired) electrons. The summed E-state index contributed by atoms with van der Waals surface area (Å²) < 4.78 is 39.3. The van der Waals surface area contributed by atoms with Gasteiger partial charge in [0, 0.05) is 11.6 Å². The second-order valence-corrected chi connectivity index (χ2v) is 8.37. The number of carbonyl (C=O) groups excluding carboxylic acids is 1. The van der Waals surface area contributed by atoms with Gasteiger partial charge in [-0.3, -0.25) is 9.71 Å². The summed E-state index contributed by atoms with van der Waals surface area (Å²) in [6.07, 6.45) is 1.58. The second kappa shape index (κ2) is 8.15. The Kier molecular flexibility index (Phi) is 5.85. The fourth-order valence-electron chi connectivity index (χ4n) is 2.78. The molecule has 0 unspecified atom stereocenters. The fraction of sp³-hybridized carbons (Fsp3) is 0.263. The van der Waals surface area contributed by atoms with Crippen LogP contribution in [0.3, 0.4) is 0 Å². The molecule has 1 aromatic carbocycles. The van der Waals surface area contributed by atoms with Crippen molar-refractivity contribution < 1.29 is 22.7 Å². The van der Waals surface area contributed by atoms with Crippen LogP contribution in [-0.4, -0.2) is 32.6 Å². The monoisotopic (exact) mass is 420 g/mol. The van der Waals surface area contributed by atoms with Crippen LogP contribution in [0.1, 0.15) is 29.8 Å². The van der Waals surface area contributed by atoms with Crippen LogP contribution < -0.4 is 9.46 Å². The van der Waals surface area contributed by atoms with Crippen LogP contribution in [0.15, 0.2) is 40.7 Å². The maximum absolute atomic E-state index is 13.1. The van der Waals surface area contributed by atoms with E-state index in [2.05, 4.69) is 9.71 Å². The van der Waals surface area contributed by atoms with Gasteiger partial charge in [-0.05, 0) is 56.0 Å². The third-order valence-corrected chi connectivity index (χ3v) is 6.51. The van der Waals surface area contributed by atoms with Gasteiger partial charge in [0.15, 0.2) is 0 Å². The molecule has 0 amide bonds. The number of hydrogen-bond donors (Lipinski definition) is 1. The minimum atomic E-state index is -3.97. The van der Waals surface area contributed by atoms with E-state index >= 15 is 0 Å². The molecule has 9 heteroatoms. The molecule has 0 aliphatic rings. The zero-order valence-electron chi connectivity index (χ0n) is 15.7. The Bertz CT molecular complexity index is 1120. The molecule has 0 fully saturated rings. The first kappa shape index (κ1) is 20.1. The van der Waals surface area contributed by atoms with Gasteiger partial charge in [0.05, 0.1) is 23.7 Å². The minimum absolute atomic E-state index is 0.0555. The number of thiophene rings is 1. The van der Waals surface area contributed by atoms with Crippen LogP contribution in [0.25, 0.3) is 10.9 Å². The molecule has 0 aliphatic heterocycles.